The van der Waals surface area contributed by atoms with Crippen LogP contribution in [0.2, 0.25) is 5.02 Å². The van der Waals surface area contributed by atoms with Crippen LogP contribution in [0.1, 0.15) is 31.2 Å². The number of anilines is 2. The van der Waals surface area contributed by atoms with Gasteiger partial charge in [-0.2, -0.15) is 15.2 Å². The molecule has 0 unspecified atom stereocenters. The summed E-state index contributed by atoms with van der Waals surface area (Å²) in [6.45, 7) is 1.10. The summed E-state index contributed by atoms with van der Waals surface area (Å²) in [5, 5.41) is 9.86. The van der Waals surface area contributed by atoms with Crippen LogP contribution in [-0.4, -0.2) is 72.4 Å². The number of aromatic nitrogens is 2. The van der Waals surface area contributed by atoms with Crippen molar-refractivity contribution in [3.05, 3.63) is 34.4 Å². The van der Waals surface area contributed by atoms with Crippen molar-refractivity contribution in [2.45, 2.75) is 43.8 Å². The normalized spacial score (nSPS) is 21.4. The van der Waals surface area contributed by atoms with Crippen LogP contribution in [0.25, 0.3) is 32.1 Å². The summed E-state index contributed by atoms with van der Waals surface area (Å²) in [7, 11) is 0. The van der Waals surface area contributed by atoms with Gasteiger partial charge in [-0.3, -0.25) is 4.90 Å². The smallest absolute Gasteiger partial charge is 0.319 e. The van der Waals surface area contributed by atoms with E-state index in [4.69, 9.17) is 26.8 Å². The van der Waals surface area contributed by atoms with Gasteiger partial charge in [-0.25, -0.2) is 22.0 Å². The average Bonchev–Trinajstić information content (AvgIpc) is 3.60. The molecular formula is C30H26ClF5N6O2S. The number of hydrogen-bond donors (Lipinski definition) is 1. The second kappa shape index (κ2) is 11.3. The highest BCUT2D eigenvalue weighted by molar-refractivity contribution is 7.23. The maximum Gasteiger partial charge on any atom is 0.319 e. The highest BCUT2D eigenvalue weighted by Gasteiger charge is 2.49. The summed E-state index contributed by atoms with van der Waals surface area (Å²) < 4.78 is 84.9. The van der Waals surface area contributed by atoms with Gasteiger partial charge in [0.05, 0.1) is 32.8 Å². The molecule has 0 saturated carbocycles. The molecule has 2 aromatic carbocycles. The molecule has 236 valence electrons. The number of nitrogens with zero attached hydrogens (tertiary/aromatic N) is 5. The van der Waals surface area contributed by atoms with Crippen LogP contribution < -0.4 is 20.1 Å². The third-order valence-corrected chi connectivity index (χ3v) is 10.3. The number of nitrogens with two attached hydrogens (primary N) is 1. The molecule has 15 heteroatoms. The monoisotopic (exact) mass is 664 g/mol. The van der Waals surface area contributed by atoms with E-state index in [1.165, 1.54) is 6.07 Å². The predicted octanol–water partition coefficient (Wildman–Crippen LogP) is 6.71. The SMILES string of the molecule is N#Cc1c(N)sc2c(F)ccc(-c3c(Cl)c4c5c(nc(OC[C@@]67CCCN6C[C@H](F)C7)nc5c3F)N(CCC(F)F)CCO4)c12. The molecular weight excluding hydrogens is 639 g/mol. The number of rotatable bonds is 7. The van der Waals surface area contributed by atoms with Gasteiger partial charge < -0.3 is 20.1 Å². The summed E-state index contributed by atoms with van der Waals surface area (Å²) in [5.41, 5.74) is 5.08. The van der Waals surface area contributed by atoms with Crippen LogP contribution in [0.3, 0.4) is 0 Å². The van der Waals surface area contributed by atoms with E-state index in [0.29, 0.717) is 13.0 Å². The molecule has 3 aliphatic heterocycles. The fraction of sp³-hybridized carbons (Fsp3) is 0.433. The van der Waals surface area contributed by atoms with Gasteiger partial charge in [0.15, 0.2) is 11.6 Å². The van der Waals surface area contributed by atoms with Gasteiger partial charge in [0.25, 0.3) is 0 Å². The number of nitrogen functional groups attached to an aromatic ring is 1. The molecule has 2 N–H and O–H groups in total. The summed E-state index contributed by atoms with van der Waals surface area (Å²) in [6.07, 6.45) is -2.20. The Morgan fingerprint density at radius 1 is 1.24 bits per heavy atom. The van der Waals surface area contributed by atoms with Crippen LogP contribution in [0.4, 0.5) is 32.8 Å². The second-order valence-corrected chi connectivity index (χ2v) is 12.9. The lowest BCUT2D eigenvalue weighted by Gasteiger charge is -2.31. The fourth-order valence-corrected chi connectivity index (χ4v) is 8.17. The van der Waals surface area contributed by atoms with E-state index in [1.807, 2.05) is 11.0 Å². The Labute approximate surface area is 263 Å². The molecule has 0 spiro atoms. The first-order valence-electron chi connectivity index (χ1n) is 14.4. The number of thiophene rings is 1. The molecule has 8 nitrogen and oxygen atoms in total. The second-order valence-electron chi connectivity index (χ2n) is 11.5. The zero-order valence-electron chi connectivity index (χ0n) is 23.7. The standard InChI is InChI=1S/C30H26ClF5N6O2S/c31-22-20(15-2-3-17(33)26-19(15)16(11-37)27(38)45-26)23(36)24-21-25(22)43-9-8-41(7-4-18(34)35)28(21)40-29(39-24)44-13-30-5-1-6-42(30)12-14(32)10-30/h2-3,14,18H,1,4-10,12-13,38H2/t14-,30+/m1/s1. The summed E-state index contributed by atoms with van der Waals surface area (Å²) in [6, 6.07) is 4.19. The first-order valence-corrected chi connectivity index (χ1v) is 15.6. The minimum atomic E-state index is -2.60. The number of fused-ring (bicyclic) bond motifs is 2. The van der Waals surface area contributed by atoms with E-state index < -0.39 is 36.2 Å². The molecule has 7 rings (SSSR count). The fourth-order valence-electron chi connectivity index (χ4n) is 6.89. The Kier molecular flexibility index (Phi) is 7.53. The summed E-state index contributed by atoms with van der Waals surface area (Å²) in [4.78, 5) is 12.6. The molecule has 3 aliphatic rings. The number of alkyl halides is 3. The van der Waals surface area contributed by atoms with Crippen LogP contribution in [0, 0.1) is 23.0 Å². The van der Waals surface area contributed by atoms with Gasteiger partial charge in [-0.15, -0.1) is 11.3 Å². The minimum absolute atomic E-state index is 0.000681. The lowest BCUT2D eigenvalue weighted by atomic mass is 9.95. The van der Waals surface area contributed by atoms with Gasteiger partial charge in [0, 0.05) is 36.9 Å². The zero-order chi connectivity index (χ0) is 31.6. The summed E-state index contributed by atoms with van der Waals surface area (Å²) in [5.74, 6) is -1.46. The van der Waals surface area contributed by atoms with E-state index in [2.05, 4.69) is 9.97 Å². The Balaban J connectivity index is 1.43. The molecule has 2 saturated heterocycles. The highest BCUT2D eigenvalue weighted by atomic mass is 35.5. The maximum atomic E-state index is 16.9. The maximum absolute atomic E-state index is 16.9. The molecule has 45 heavy (non-hydrogen) atoms. The van der Waals surface area contributed by atoms with Gasteiger partial charge >= 0.3 is 6.01 Å². The minimum Gasteiger partial charge on any atom is -0.489 e. The molecule has 2 aromatic heterocycles. The van der Waals surface area contributed by atoms with Crippen molar-refractivity contribution in [2.75, 3.05) is 50.0 Å². The molecule has 0 aliphatic carbocycles. The van der Waals surface area contributed by atoms with Crippen molar-refractivity contribution in [3.63, 3.8) is 0 Å². The van der Waals surface area contributed by atoms with E-state index in [-0.39, 0.29) is 98.0 Å². The summed E-state index contributed by atoms with van der Waals surface area (Å²) >= 11 is 7.71. The third-order valence-electron chi connectivity index (χ3n) is 8.90. The lowest BCUT2D eigenvalue weighted by molar-refractivity contribution is 0.107. The first-order chi connectivity index (χ1) is 21.6. The van der Waals surface area contributed by atoms with Crippen LogP contribution in [0.15, 0.2) is 12.1 Å². The Bertz CT molecular complexity index is 1890. The number of benzene rings is 2. The van der Waals surface area contributed by atoms with Crippen molar-refractivity contribution in [2.24, 2.45) is 0 Å². The van der Waals surface area contributed by atoms with Crippen LogP contribution in [0.5, 0.6) is 11.8 Å². The topological polar surface area (TPSA) is 101 Å². The largest absolute Gasteiger partial charge is 0.489 e. The zero-order valence-corrected chi connectivity index (χ0v) is 25.3. The average molecular weight is 665 g/mol. The predicted molar refractivity (Wildman–Crippen MR) is 161 cm³/mol. The molecule has 2 atom stereocenters. The van der Waals surface area contributed by atoms with E-state index in [0.717, 1.165) is 30.4 Å². The van der Waals surface area contributed by atoms with Crippen LogP contribution >= 0.6 is 22.9 Å². The van der Waals surface area contributed by atoms with Crippen molar-refractivity contribution in [1.29, 1.82) is 5.26 Å². The Morgan fingerprint density at radius 2 is 2.07 bits per heavy atom. The quantitative estimate of drug-likeness (QED) is 0.218. The molecule has 0 radical (unpaired) electrons. The van der Waals surface area contributed by atoms with Crippen molar-refractivity contribution in [1.82, 2.24) is 14.9 Å². The molecule has 5 heterocycles. The van der Waals surface area contributed by atoms with Crippen molar-refractivity contribution in [3.8, 4) is 29.0 Å². The van der Waals surface area contributed by atoms with E-state index >= 15 is 4.39 Å². The van der Waals surface area contributed by atoms with Gasteiger partial charge in [0.1, 0.15) is 47.6 Å². The molecule has 4 aromatic rings. The van der Waals surface area contributed by atoms with Gasteiger partial charge in [0.2, 0.25) is 6.43 Å². The molecule has 2 fully saturated rings. The van der Waals surface area contributed by atoms with Gasteiger partial charge in [-0.1, -0.05) is 17.7 Å². The van der Waals surface area contributed by atoms with Gasteiger partial charge in [-0.05, 0) is 31.0 Å². The lowest BCUT2D eigenvalue weighted by Crippen LogP contribution is -2.43. The van der Waals surface area contributed by atoms with E-state index in [1.54, 1.807) is 4.90 Å². The molecule has 0 amide bonds. The Hall–Kier alpha value is -3.67. The highest BCUT2D eigenvalue weighted by Crippen LogP contribution is 2.51. The van der Waals surface area contributed by atoms with Crippen molar-refractivity contribution < 1.29 is 31.4 Å². The first kappa shape index (κ1) is 30.0. The van der Waals surface area contributed by atoms with Crippen LogP contribution in [-0.2, 0) is 0 Å². The van der Waals surface area contributed by atoms with E-state index in [9.17, 15) is 22.8 Å². The number of nitriles is 1. The number of hydrogen-bond acceptors (Lipinski definition) is 9. The number of halogens is 6. The van der Waals surface area contributed by atoms with Crippen molar-refractivity contribution >= 4 is 54.7 Å². The number of ether oxygens (including phenoxy) is 2. The Morgan fingerprint density at radius 3 is 2.84 bits per heavy atom. The molecule has 0 bridgehead atoms. The third kappa shape index (κ3) is 4.87.